The number of amides is 1. The van der Waals surface area contributed by atoms with Crippen LogP contribution in [0, 0.1) is 11.8 Å². The summed E-state index contributed by atoms with van der Waals surface area (Å²) in [6.07, 6.45) is 0.871. The van der Waals surface area contributed by atoms with E-state index < -0.39 is 0 Å². The van der Waals surface area contributed by atoms with E-state index >= 15 is 0 Å². The van der Waals surface area contributed by atoms with Crippen LogP contribution in [0.15, 0.2) is 0 Å². The van der Waals surface area contributed by atoms with Gasteiger partial charge < -0.3 is 10.2 Å². The fourth-order valence-electron chi connectivity index (χ4n) is 1.15. The molecule has 1 unspecified atom stereocenters. The van der Waals surface area contributed by atoms with Gasteiger partial charge in [0.2, 0.25) is 6.41 Å². The van der Waals surface area contributed by atoms with Gasteiger partial charge in [-0.05, 0) is 6.92 Å². The summed E-state index contributed by atoms with van der Waals surface area (Å²) >= 11 is 0. The van der Waals surface area contributed by atoms with Crippen molar-refractivity contribution in [1.82, 2.24) is 10.2 Å². The van der Waals surface area contributed by atoms with Gasteiger partial charge in [0.25, 0.3) is 0 Å². The van der Waals surface area contributed by atoms with Gasteiger partial charge in [0.05, 0.1) is 0 Å². The summed E-state index contributed by atoms with van der Waals surface area (Å²) in [5, 5.41) is 3.18. The molecule has 0 saturated carbocycles. The average Bonchev–Trinajstić information content (AvgIpc) is 2.06. The number of nitrogens with one attached hydrogen (secondary N) is 1. The first kappa shape index (κ1) is 8.09. The molecule has 0 aromatic carbocycles. The van der Waals surface area contributed by atoms with Gasteiger partial charge in [-0.25, -0.2) is 0 Å². The lowest BCUT2D eigenvalue weighted by Gasteiger charge is -2.29. The summed E-state index contributed by atoms with van der Waals surface area (Å²) < 4.78 is 0. The molecule has 0 radical (unpaired) electrons. The maximum atomic E-state index is 10.5. The molecular weight excluding hydrogens is 140 g/mol. The van der Waals surface area contributed by atoms with E-state index in [1.807, 2.05) is 0 Å². The SMILES string of the molecule is CC#CC1CNCCN1C=O. The number of hydrogen-bond acceptors (Lipinski definition) is 2. The van der Waals surface area contributed by atoms with Crippen molar-refractivity contribution >= 4 is 6.41 Å². The Morgan fingerprint density at radius 1 is 1.73 bits per heavy atom. The topological polar surface area (TPSA) is 32.3 Å². The van der Waals surface area contributed by atoms with E-state index in [-0.39, 0.29) is 6.04 Å². The van der Waals surface area contributed by atoms with Crippen molar-refractivity contribution in [3.8, 4) is 11.8 Å². The predicted molar refractivity (Wildman–Crippen MR) is 42.9 cm³/mol. The summed E-state index contributed by atoms with van der Waals surface area (Å²) in [4.78, 5) is 12.2. The van der Waals surface area contributed by atoms with Crippen LogP contribution < -0.4 is 5.32 Å². The molecule has 0 aromatic heterocycles. The first-order valence-electron chi connectivity index (χ1n) is 3.72. The molecule has 0 aromatic rings. The van der Waals surface area contributed by atoms with Crippen LogP contribution in [0.3, 0.4) is 0 Å². The van der Waals surface area contributed by atoms with Gasteiger partial charge in [0.1, 0.15) is 6.04 Å². The van der Waals surface area contributed by atoms with Gasteiger partial charge in [-0.2, -0.15) is 0 Å². The molecule has 0 spiro atoms. The van der Waals surface area contributed by atoms with Crippen molar-refractivity contribution in [2.75, 3.05) is 19.6 Å². The highest BCUT2D eigenvalue weighted by atomic mass is 16.1. The van der Waals surface area contributed by atoms with Crippen LogP contribution in [0.25, 0.3) is 0 Å². The van der Waals surface area contributed by atoms with Gasteiger partial charge in [-0.1, -0.05) is 5.92 Å². The number of nitrogens with zero attached hydrogens (tertiary/aromatic N) is 1. The second-order valence-corrected chi connectivity index (χ2v) is 2.46. The van der Waals surface area contributed by atoms with Crippen molar-refractivity contribution in [3.63, 3.8) is 0 Å². The van der Waals surface area contributed by atoms with E-state index in [0.29, 0.717) is 0 Å². The average molecular weight is 152 g/mol. The number of rotatable bonds is 1. The molecule has 1 rings (SSSR count). The Bertz CT molecular complexity index is 192. The van der Waals surface area contributed by atoms with Gasteiger partial charge in [-0.15, -0.1) is 5.92 Å². The van der Waals surface area contributed by atoms with Crippen LogP contribution in [-0.2, 0) is 4.79 Å². The third-order valence-corrected chi connectivity index (χ3v) is 1.73. The Morgan fingerprint density at radius 2 is 2.55 bits per heavy atom. The highest BCUT2D eigenvalue weighted by Crippen LogP contribution is 1.97. The Hall–Kier alpha value is -1.01. The molecule has 1 aliphatic rings. The van der Waals surface area contributed by atoms with Crippen LogP contribution in [0.1, 0.15) is 6.92 Å². The third-order valence-electron chi connectivity index (χ3n) is 1.73. The van der Waals surface area contributed by atoms with Crippen molar-refractivity contribution in [2.24, 2.45) is 0 Å². The minimum absolute atomic E-state index is 0.0752. The van der Waals surface area contributed by atoms with Crippen molar-refractivity contribution in [2.45, 2.75) is 13.0 Å². The Kier molecular flexibility index (Phi) is 2.94. The van der Waals surface area contributed by atoms with Crippen molar-refractivity contribution < 1.29 is 4.79 Å². The summed E-state index contributed by atoms with van der Waals surface area (Å²) in [5.74, 6) is 5.78. The van der Waals surface area contributed by atoms with E-state index in [4.69, 9.17) is 0 Å². The summed E-state index contributed by atoms with van der Waals surface area (Å²) in [6, 6.07) is 0.0752. The molecular formula is C8H12N2O. The lowest BCUT2D eigenvalue weighted by atomic mass is 10.2. The van der Waals surface area contributed by atoms with Gasteiger partial charge in [0, 0.05) is 19.6 Å². The van der Waals surface area contributed by atoms with E-state index in [2.05, 4.69) is 17.2 Å². The number of carbonyl (C=O) groups excluding carboxylic acids is 1. The zero-order valence-electron chi connectivity index (χ0n) is 6.63. The number of piperazine rings is 1. The monoisotopic (exact) mass is 152 g/mol. The predicted octanol–water partition coefficient (Wildman–Crippen LogP) is -0.560. The second kappa shape index (κ2) is 3.99. The number of carbonyl (C=O) groups is 1. The Labute approximate surface area is 66.8 Å². The zero-order chi connectivity index (χ0) is 8.10. The minimum atomic E-state index is 0.0752. The molecule has 0 aliphatic carbocycles. The summed E-state index contributed by atoms with van der Waals surface area (Å²) in [6.45, 7) is 4.22. The van der Waals surface area contributed by atoms with Crippen molar-refractivity contribution in [1.29, 1.82) is 0 Å². The molecule has 1 saturated heterocycles. The van der Waals surface area contributed by atoms with Gasteiger partial charge in [-0.3, -0.25) is 4.79 Å². The molecule has 1 aliphatic heterocycles. The molecule has 3 heteroatoms. The van der Waals surface area contributed by atoms with Crippen molar-refractivity contribution in [3.05, 3.63) is 0 Å². The zero-order valence-corrected chi connectivity index (χ0v) is 6.63. The molecule has 1 heterocycles. The molecule has 3 nitrogen and oxygen atoms in total. The fourth-order valence-corrected chi connectivity index (χ4v) is 1.15. The van der Waals surface area contributed by atoms with E-state index in [1.54, 1.807) is 11.8 Å². The maximum absolute atomic E-state index is 10.5. The molecule has 1 fully saturated rings. The highest BCUT2D eigenvalue weighted by Gasteiger charge is 2.17. The molecule has 1 amide bonds. The van der Waals surface area contributed by atoms with Crippen LogP contribution >= 0.6 is 0 Å². The molecule has 11 heavy (non-hydrogen) atoms. The van der Waals surface area contributed by atoms with E-state index in [0.717, 1.165) is 26.0 Å². The lowest BCUT2D eigenvalue weighted by molar-refractivity contribution is -0.119. The summed E-state index contributed by atoms with van der Waals surface area (Å²) in [5.41, 5.74) is 0. The van der Waals surface area contributed by atoms with E-state index in [9.17, 15) is 4.79 Å². The first-order chi connectivity index (χ1) is 5.38. The van der Waals surface area contributed by atoms with Crippen LogP contribution in [0.2, 0.25) is 0 Å². The number of hydrogen-bond donors (Lipinski definition) is 1. The summed E-state index contributed by atoms with van der Waals surface area (Å²) in [7, 11) is 0. The maximum Gasteiger partial charge on any atom is 0.210 e. The second-order valence-electron chi connectivity index (χ2n) is 2.46. The molecule has 0 bridgehead atoms. The molecule has 60 valence electrons. The first-order valence-corrected chi connectivity index (χ1v) is 3.72. The fraction of sp³-hybridized carbons (Fsp3) is 0.625. The van der Waals surface area contributed by atoms with Crippen LogP contribution in [0.5, 0.6) is 0 Å². The third kappa shape index (κ3) is 1.95. The molecule has 1 atom stereocenters. The lowest BCUT2D eigenvalue weighted by Crippen LogP contribution is -2.49. The van der Waals surface area contributed by atoms with Gasteiger partial charge >= 0.3 is 0 Å². The quantitative estimate of drug-likeness (QED) is 0.403. The highest BCUT2D eigenvalue weighted by molar-refractivity contribution is 5.49. The van der Waals surface area contributed by atoms with Gasteiger partial charge in [0.15, 0.2) is 0 Å². The smallest absolute Gasteiger partial charge is 0.210 e. The molecule has 1 N–H and O–H groups in total. The van der Waals surface area contributed by atoms with E-state index in [1.165, 1.54) is 0 Å². The minimum Gasteiger partial charge on any atom is -0.329 e. The van der Waals surface area contributed by atoms with Crippen LogP contribution in [-0.4, -0.2) is 37.0 Å². The Balaban J connectivity index is 2.55. The van der Waals surface area contributed by atoms with Crippen LogP contribution in [0.4, 0.5) is 0 Å². The standard InChI is InChI=1S/C8H12N2O/c1-2-3-8-6-9-4-5-10(8)7-11/h7-9H,4-6H2,1H3. The largest absolute Gasteiger partial charge is 0.329 e. The normalized spacial score (nSPS) is 23.7. The Morgan fingerprint density at radius 3 is 3.18 bits per heavy atom.